The van der Waals surface area contributed by atoms with E-state index in [1.54, 1.807) is 0 Å². The molecule has 1 fully saturated rings. The van der Waals surface area contributed by atoms with Gasteiger partial charge in [0.05, 0.1) is 0 Å². The van der Waals surface area contributed by atoms with E-state index < -0.39 is 0 Å². The Morgan fingerprint density at radius 3 is 2.60 bits per heavy atom. The summed E-state index contributed by atoms with van der Waals surface area (Å²) in [6, 6.07) is 0. The lowest BCUT2D eigenvalue weighted by Gasteiger charge is -2.40. The van der Waals surface area contributed by atoms with Crippen molar-refractivity contribution in [1.82, 2.24) is 4.90 Å². The monoisotopic (exact) mass is 294 g/mol. The molecule has 1 aliphatic heterocycles. The van der Waals surface area contributed by atoms with Gasteiger partial charge in [-0.15, -0.1) is 0 Å². The van der Waals surface area contributed by atoms with Crippen LogP contribution in [0.4, 0.5) is 0 Å². The Labute approximate surface area is 126 Å². The predicted octanol–water partition coefficient (Wildman–Crippen LogP) is 4.20. The topological polar surface area (TPSA) is 24.8 Å². The van der Waals surface area contributed by atoms with E-state index in [9.17, 15) is 0 Å². The number of halogens is 1. The molecule has 110 valence electrons. The molecule has 0 aromatic carbocycles. The number of hydrogen-bond donors (Lipinski definition) is 0. The molecule has 3 rings (SSSR count). The van der Waals surface area contributed by atoms with Gasteiger partial charge in [-0.05, 0) is 32.1 Å². The third-order valence-corrected chi connectivity index (χ3v) is 4.64. The molecule has 3 nitrogen and oxygen atoms in total. The van der Waals surface area contributed by atoms with Crippen LogP contribution < -0.4 is 0 Å². The van der Waals surface area contributed by atoms with E-state index in [1.807, 2.05) is 0 Å². The number of rotatable bonds is 1. The van der Waals surface area contributed by atoms with Gasteiger partial charge in [0.1, 0.15) is 10.9 Å². The molecule has 1 spiro atoms. The zero-order valence-corrected chi connectivity index (χ0v) is 13.2. The van der Waals surface area contributed by atoms with Crippen LogP contribution in [0.2, 0.25) is 0 Å². The molecule has 1 heterocycles. The summed E-state index contributed by atoms with van der Waals surface area (Å²) in [7, 11) is 4.10. The van der Waals surface area contributed by atoms with Crippen LogP contribution in [0.25, 0.3) is 0 Å². The average Bonchev–Trinajstić information content (AvgIpc) is 2.40. The quantitative estimate of drug-likeness (QED) is 0.724. The Hall–Kier alpha value is -0.960. The normalized spacial score (nSPS) is 27.1. The van der Waals surface area contributed by atoms with Crippen molar-refractivity contribution in [3.63, 3.8) is 0 Å². The van der Waals surface area contributed by atoms with Gasteiger partial charge in [0.15, 0.2) is 0 Å². The molecule has 0 saturated heterocycles. The van der Waals surface area contributed by atoms with Gasteiger partial charge in [-0.2, -0.15) is 0 Å². The first-order valence-corrected chi connectivity index (χ1v) is 8.03. The van der Waals surface area contributed by atoms with E-state index in [0.717, 1.165) is 43.4 Å². The molecule has 2 aliphatic carbocycles. The third-order valence-electron chi connectivity index (χ3n) is 4.33. The van der Waals surface area contributed by atoms with Gasteiger partial charge >= 0.3 is 0 Å². The van der Waals surface area contributed by atoms with Crippen LogP contribution >= 0.6 is 11.6 Å². The third kappa shape index (κ3) is 2.60. The van der Waals surface area contributed by atoms with Crippen LogP contribution in [0.15, 0.2) is 28.1 Å². The standard InChI is InChI=1S/C16H23ClN2O/c1-19(2)11-12-7-6-8-13-14(12)20-16(18-15(13)17)9-4-3-5-10-16/h11H,3-10H2,1-2H3/b12-11+. The lowest BCUT2D eigenvalue weighted by Crippen LogP contribution is -2.38. The second-order valence-corrected chi connectivity index (χ2v) is 6.65. The summed E-state index contributed by atoms with van der Waals surface area (Å²) in [5.41, 5.74) is 2.01. The first-order valence-electron chi connectivity index (χ1n) is 7.65. The van der Waals surface area contributed by atoms with E-state index in [0.29, 0.717) is 5.17 Å². The molecule has 0 amide bonds. The van der Waals surface area contributed by atoms with Gasteiger partial charge < -0.3 is 9.64 Å². The van der Waals surface area contributed by atoms with Crippen molar-refractivity contribution in [2.75, 3.05) is 14.1 Å². The van der Waals surface area contributed by atoms with Crippen molar-refractivity contribution < 1.29 is 4.74 Å². The van der Waals surface area contributed by atoms with Gasteiger partial charge in [-0.25, -0.2) is 4.99 Å². The Morgan fingerprint density at radius 1 is 1.15 bits per heavy atom. The summed E-state index contributed by atoms with van der Waals surface area (Å²) < 4.78 is 6.42. The summed E-state index contributed by atoms with van der Waals surface area (Å²) in [6.07, 6.45) is 11.0. The molecule has 1 saturated carbocycles. The molecular formula is C16H23ClN2O. The molecule has 4 heteroatoms. The highest BCUT2D eigenvalue weighted by Gasteiger charge is 2.40. The summed E-state index contributed by atoms with van der Waals surface area (Å²) in [5.74, 6) is 1.02. The summed E-state index contributed by atoms with van der Waals surface area (Å²) >= 11 is 6.49. The summed E-state index contributed by atoms with van der Waals surface area (Å²) in [4.78, 5) is 6.82. The Bertz CT molecular complexity index is 485. The summed E-state index contributed by atoms with van der Waals surface area (Å²) in [6.45, 7) is 0. The van der Waals surface area contributed by atoms with Gasteiger partial charge in [0, 0.05) is 44.3 Å². The van der Waals surface area contributed by atoms with Crippen molar-refractivity contribution in [1.29, 1.82) is 0 Å². The van der Waals surface area contributed by atoms with Crippen molar-refractivity contribution in [2.24, 2.45) is 4.99 Å². The average molecular weight is 295 g/mol. The number of ether oxygens (including phenoxy) is 1. The van der Waals surface area contributed by atoms with Crippen LogP contribution in [0.5, 0.6) is 0 Å². The van der Waals surface area contributed by atoms with Gasteiger partial charge in [-0.3, -0.25) is 0 Å². The van der Waals surface area contributed by atoms with E-state index in [2.05, 4.69) is 25.2 Å². The van der Waals surface area contributed by atoms with Crippen LogP contribution in [-0.4, -0.2) is 29.9 Å². The molecule has 0 N–H and O–H groups in total. The lowest BCUT2D eigenvalue weighted by molar-refractivity contribution is -0.0230. The highest BCUT2D eigenvalue weighted by molar-refractivity contribution is 6.69. The fraction of sp³-hybridized carbons (Fsp3) is 0.688. The minimum Gasteiger partial charge on any atom is -0.465 e. The second kappa shape index (κ2) is 5.44. The maximum Gasteiger partial charge on any atom is 0.201 e. The molecule has 0 radical (unpaired) electrons. The van der Waals surface area contributed by atoms with Gasteiger partial charge in [-0.1, -0.05) is 18.0 Å². The van der Waals surface area contributed by atoms with Crippen molar-refractivity contribution >= 4 is 16.8 Å². The molecule has 0 bridgehead atoms. The van der Waals surface area contributed by atoms with Crippen molar-refractivity contribution in [3.05, 3.63) is 23.1 Å². The van der Waals surface area contributed by atoms with Crippen LogP contribution in [0.1, 0.15) is 51.4 Å². The molecule has 20 heavy (non-hydrogen) atoms. The lowest BCUT2D eigenvalue weighted by atomic mass is 9.88. The molecule has 0 atom stereocenters. The molecule has 3 aliphatic rings. The maximum absolute atomic E-state index is 6.49. The first-order chi connectivity index (χ1) is 9.60. The smallest absolute Gasteiger partial charge is 0.201 e. The predicted molar refractivity (Wildman–Crippen MR) is 82.8 cm³/mol. The molecule has 0 aromatic rings. The Kier molecular flexibility index (Phi) is 3.80. The number of hydrogen-bond acceptors (Lipinski definition) is 3. The highest BCUT2D eigenvalue weighted by Crippen LogP contribution is 2.44. The minimum absolute atomic E-state index is 0.378. The molecule has 0 aromatic heterocycles. The SMILES string of the molecule is CN(C)/C=C1\CCCC2=C1OC1(CCCCC1)N=C2Cl. The van der Waals surface area contributed by atoms with E-state index in [-0.39, 0.29) is 5.72 Å². The largest absolute Gasteiger partial charge is 0.465 e. The molecule has 0 unspecified atom stereocenters. The van der Waals surface area contributed by atoms with Crippen molar-refractivity contribution in [3.8, 4) is 0 Å². The fourth-order valence-electron chi connectivity index (χ4n) is 3.41. The molecular weight excluding hydrogens is 272 g/mol. The van der Waals surface area contributed by atoms with Crippen molar-refractivity contribution in [2.45, 2.75) is 57.1 Å². The minimum atomic E-state index is -0.378. The zero-order chi connectivity index (χ0) is 14.2. The number of allylic oxidation sites excluding steroid dienone is 2. The van der Waals surface area contributed by atoms with Crippen LogP contribution in [0, 0.1) is 0 Å². The number of nitrogens with zero attached hydrogens (tertiary/aromatic N) is 2. The van der Waals surface area contributed by atoms with E-state index in [1.165, 1.54) is 24.8 Å². The van der Waals surface area contributed by atoms with E-state index in [4.69, 9.17) is 21.3 Å². The highest BCUT2D eigenvalue weighted by atomic mass is 35.5. The van der Waals surface area contributed by atoms with Crippen LogP contribution in [-0.2, 0) is 4.74 Å². The fourth-order valence-corrected chi connectivity index (χ4v) is 3.75. The maximum atomic E-state index is 6.49. The van der Waals surface area contributed by atoms with E-state index >= 15 is 0 Å². The Morgan fingerprint density at radius 2 is 1.90 bits per heavy atom. The first kappa shape index (κ1) is 14.0. The second-order valence-electron chi connectivity index (χ2n) is 6.29. The summed E-state index contributed by atoms with van der Waals surface area (Å²) in [5, 5.41) is 0.692. The number of aliphatic imine (C=N–C) groups is 1. The Balaban J connectivity index is 1.96. The van der Waals surface area contributed by atoms with Gasteiger partial charge in [0.25, 0.3) is 0 Å². The van der Waals surface area contributed by atoms with Crippen LogP contribution in [0.3, 0.4) is 0 Å². The van der Waals surface area contributed by atoms with Gasteiger partial charge in [0.2, 0.25) is 5.72 Å². The zero-order valence-electron chi connectivity index (χ0n) is 12.4.